The number of fused-ring (bicyclic) bond motifs is 3. The molecule has 0 saturated heterocycles. The Hall–Kier alpha value is -2.98. The fourth-order valence-electron chi connectivity index (χ4n) is 4.43. The number of hydrogen-bond donors (Lipinski definition) is 0. The predicted octanol–water partition coefficient (Wildman–Crippen LogP) is 3.48. The largest absolute Gasteiger partial charge is 0.450 e. The summed E-state index contributed by atoms with van der Waals surface area (Å²) < 4.78 is 42.7. The molecule has 1 atom stereocenters. The van der Waals surface area contributed by atoms with E-state index in [2.05, 4.69) is 37.0 Å². The van der Waals surface area contributed by atoms with Crippen LogP contribution in [0.2, 0.25) is 0 Å². The van der Waals surface area contributed by atoms with E-state index in [9.17, 15) is 13.2 Å². The summed E-state index contributed by atoms with van der Waals surface area (Å²) in [5.74, 6) is 0.324. The van der Waals surface area contributed by atoms with Crippen LogP contribution in [0.15, 0.2) is 24.9 Å². The van der Waals surface area contributed by atoms with Crippen molar-refractivity contribution in [1.29, 1.82) is 0 Å². The highest BCUT2D eigenvalue weighted by Gasteiger charge is 2.40. The van der Waals surface area contributed by atoms with Gasteiger partial charge in [-0.15, -0.1) is 10.2 Å². The number of imidazole rings is 1. The molecule has 0 bridgehead atoms. The molecule has 1 unspecified atom stereocenters. The Morgan fingerprint density at radius 3 is 2.66 bits per heavy atom. The highest BCUT2D eigenvalue weighted by atomic mass is 19.4. The third kappa shape index (κ3) is 2.78. The molecule has 11 heteroatoms. The van der Waals surface area contributed by atoms with E-state index in [0.717, 1.165) is 48.7 Å². The molecule has 8 nitrogen and oxygen atoms in total. The van der Waals surface area contributed by atoms with Crippen LogP contribution in [0.3, 0.4) is 0 Å². The lowest BCUT2D eigenvalue weighted by Crippen LogP contribution is -2.42. The fourth-order valence-corrected chi connectivity index (χ4v) is 4.43. The van der Waals surface area contributed by atoms with E-state index >= 15 is 0 Å². The summed E-state index contributed by atoms with van der Waals surface area (Å²) in [6.07, 6.45) is 5.94. The van der Waals surface area contributed by atoms with Crippen LogP contribution in [0, 0.1) is 0 Å². The quantitative estimate of drug-likeness (QED) is 0.665. The molecular weight excluding hydrogens is 385 g/mol. The van der Waals surface area contributed by atoms with Crippen molar-refractivity contribution in [3.63, 3.8) is 0 Å². The number of alkyl halides is 3. The van der Waals surface area contributed by atoms with Crippen molar-refractivity contribution < 1.29 is 13.2 Å². The number of rotatable bonds is 3. The molecule has 0 amide bonds. The summed E-state index contributed by atoms with van der Waals surface area (Å²) in [6.45, 7) is 2.07. The Bertz CT molecular complexity index is 1030. The van der Waals surface area contributed by atoms with E-state index in [1.54, 1.807) is 12.5 Å². The molecule has 0 radical (unpaired) electrons. The molecule has 0 N–H and O–H groups in total. The lowest BCUT2D eigenvalue weighted by Gasteiger charge is -2.40. The Balaban J connectivity index is 1.69. The maximum atomic E-state index is 13.3. The second-order valence-electron chi connectivity index (χ2n) is 7.33. The van der Waals surface area contributed by atoms with Gasteiger partial charge < -0.3 is 4.90 Å². The molecule has 2 aliphatic rings. The van der Waals surface area contributed by atoms with E-state index < -0.39 is 12.0 Å². The van der Waals surface area contributed by atoms with Crippen molar-refractivity contribution in [2.24, 2.45) is 0 Å². The fraction of sp³-hybridized carbons (Fsp3) is 0.500. The normalized spacial score (nSPS) is 19.4. The van der Waals surface area contributed by atoms with Crippen LogP contribution in [0.5, 0.6) is 0 Å². The summed E-state index contributed by atoms with van der Waals surface area (Å²) >= 11 is 0. The van der Waals surface area contributed by atoms with Gasteiger partial charge in [-0.05, 0) is 19.3 Å². The molecular formula is C18H19F3N8. The summed E-state index contributed by atoms with van der Waals surface area (Å²) in [5.41, 5.74) is 0.680. The van der Waals surface area contributed by atoms with Crippen LogP contribution in [0.1, 0.15) is 56.7 Å². The first kappa shape index (κ1) is 18.1. The van der Waals surface area contributed by atoms with E-state index in [-0.39, 0.29) is 18.0 Å². The zero-order valence-corrected chi connectivity index (χ0v) is 15.7. The van der Waals surface area contributed by atoms with Gasteiger partial charge in [-0.1, -0.05) is 19.8 Å². The van der Waals surface area contributed by atoms with Gasteiger partial charge in [-0.25, -0.2) is 9.97 Å². The van der Waals surface area contributed by atoms with Gasteiger partial charge in [0.05, 0.1) is 12.2 Å². The van der Waals surface area contributed by atoms with Crippen molar-refractivity contribution in [3.8, 4) is 11.6 Å². The first-order chi connectivity index (χ1) is 14.0. The standard InChI is InChI=1S/C18H19F3N8/c1-2-12-15-26-24-10-28(15)13-9-23-17(27-8-7-22-16(27)18(19,20)21)25-14(13)29(12)11-5-3-4-6-11/h7-12H,2-6H2,1H3. The molecule has 29 heavy (non-hydrogen) atoms. The lowest BCUT2D eigenvalue weighted by atomic mass is 10.0. The Labute approximate surface area is 164 Å². The molecule has 3 aromatic heterocycles. The number of anilines is 1. The zero-order valence-electron chi connectivity index (χ0n) is 15.7. The summed E-state index contributed by atoms with van der Waals surface area (Å²) in [6, 6.07) is 0.220. The van der Waals surface area contributed by atoms with E-state index in [1.165, 1.54) is 6.20 Å². The van der Waals surface area contributed by atoms with Gasteiger partial charge in [0.2, 0.25) is 11.8 Å². The van der Waals surface area contributed by atoms with Crippen molar-refractivity contribution in [2.45, 2.75) is 57.3 Å². The third-order valence-electron chi connectivity index (χ3n) is 5.66. The molecule has 5 rings (SSSR count). The average Bonchev–Trinajstić information content (AvgIpc) is 3.46. The number of nitrogens with zero attached hydrogens (tertiary/aromatic N) is 8. The minimum atomic E-state index is -4.60. The Morgan fingerprint density at radius 1 is 1.14 bits per heavy atom. The number of aromatic nitrogens is 7. The highest BCUT2D eigenvalue weighted by Crippen LogP contribution is 2.42. The molecule has 1 aliphatic heterocycles. The average molecular weight is 404 g/mol. The first-order valence-electron chi connectivity index (χ1n) is 9.65. The van der Waals surface area contributed by atoms with Crippen LogP contribution in [-0.2, 0) is 6.18 Å². The number of halogens is 3. The molecule has 0 aromatic carbocycles. The van der Waals surface area contributed by atoms with Crippen molar-refractivity contribution >= 4 is 5.82 Å². The van der Waals surface area contributed by atoms with Gasteiger partial charge in [0.25, 0.3) is 0 Å². The predicted molar refractivity (Wildman–Crippen MR) is 96.8 cm³/mol. The van der Waals surface area contributed by atoms with Gasteiger partial charge in [0.15, 0.2) is 11.6 Å². The van der Waals surface area contributed by atoms with E-state index in [1.807, 2.05) is 4.57 Å². The first-order valence-corrected chi connectivity index (χ1v) is 9.65. The topological polar surface area (TPSA) is 77.5 Å². The monoisotopic (exact) mass is 404 g/mol. The van der Waals surface area contributed by atoms with Crippen LogP contribution in [-0.4, -0.2) is 40.3 Å². The van der Waals surface area contributed by atoms with Gasteiger partial charge in [0.1, 0.15) is 12.0 Å². The maximum absolute atomic E-state index is 13.3. The smallest absolute Gasteiger partial charge is 0.341 e. The summed E-state index contributed by atoms with van der Waals surface area (Å²) in [4.78, 5) is 14.5. The van der Waals surface area contributed by atoms with Crippen molar-refractivity contribution in [3.05, 3.63) is 36.6 Å². The molecule has 1 fully saturated rings. The maximum Gasteiger partial charge on any atom is 0.450 e. The molecule has 4 heterocycles. The molecule has 152 valence electrons. The van der Waals surface area contributed by atoms with Crippen LogP contribution < -0.4 is 4.90 Å². The summed E-state index contributed by atoms with van der Waals surface area (Å²) in [5, 5.41) is 8.35. The molecule has 3 aromatic rings. The zero-order chi connectivity index (χ0) is 20.2. The van der Waals surface area contributed by atoms with Gasteiger partial charge >= 0.3 is 6.18 Å². The SMILES string of the molecule is CCC1c2nncn2-c2cnc(-n3ccnc3C(F)(F)F)nc2N1C1CCCC1. The molecule has 1 saturated carbocycles. The van der Waals surface area contributed by atoms with Crippen LogP contribution in [0.25, 0.3) is 11.6 Å². The minimum absolute atomic E-state index is 0.0410. The van der Waals surface area contributed by atoms with Crippen LogP contribution >= 0.6 is 0 Å². The minimum Gasteiger partial charge on any atom is -0.341 e. The molecule has 1 aliphatic carbocycles. The summed E-state index contributed by atoms with van der Waals surface area (Å²) in [7, 11) is 0. The lowest BCUT2D eigenvalue weighted by molar-refractivity contribution is -0.146. The van der Waals surface area contributed by atoms with Crippen LogP contribution in [0.4, 0.5) is 19.0 Å². The number of hydrogen-bond acceptors (Lipinski definition) is 6. The highest BCUT2D eigenvalue weighted by molar-refractivity contribution is 5.62. The van der Waals surface area contributed by atoms with E-state index in [0.29, 0.717) is 11.5 Å². The van der Waals surface area contributed by atoms with Gasteiger partial charge in [-0.3, -0.25) is 9.13 Å². The Morgan fingerprint density at radius 2 is 1.93 bits per heavy atom. The second-order valence-corrected chi connectivity index (χ2v) is 7.33. The Kier molecular flexibility index (Phi) is 4.07. The molecule has 0 spiro atoms. The van der Waals surface area contributed by atoms with Gasteiger partial charge in [0, 0.05) is 18.4 Å². The van der Waals surface area contributed by atoms with Crippen molar-refractivity contribution in [1.82, 2.24) is 34.3 Å². The second kappa shape index (κ2) is 6.53. The van der Waals surface area contributed by atoms with Gasteiger partial charge in [-0.2, -0.15) is 18.2 Å². The van der Waals surface area contributed by atoms with Crippen molar-refractivity contribution in [2.75, 3.05) is 4.90 Å². The van der Waals surface area contributed by atoms with E-state index in [4.69, 9.17) is 0 Å². The third-order valence-corrected chi connectivity index (χ3v) is 5.66.